The Hall–Kier alpha value is -2.97. The second-order valence-electron chi connectivity index (χ2n) is 8.90. The molecule has 0 radical (unpaired) electrons. The first-order valence-electron chi connectivity index (χ1n) is 11.4. The number of carbonyl (C=O) groups is 2. The van der Waals surface area contributed by atoms with Crippen molar-refractivity contribution in [2.45, 2.75) is 71.3 Å². The highest BCUT2D eigenvalue weighted by Gasteiger charge is 2.30. The molecule has 9 nitrogen and oxygen atoms in total. The molecule has 1 fully saturated rings. The summed E-state index contributed by atoms with van der Waals surface area (Å²) in [6, 6.07) is 1.74. The summed E-state index contributed by atoms with van der Waals surface area (Å²) in [5, 5.41) is 3.89. The topological polar surface area (TPSA) is 102 Å². The molecule has 32 heavy (non-hydrogen) atoms. The number of aryl methyl sites for hydroxylation is 2. The van der Waals surface area contributed by atoms with Crippen molar-refractivity contribution in [3.8, 4) is 5.88 Å². The van der Waals surface area contributed by atoms with Crippen LogP contribution in [0, 0.1) is 6.92 Å². The van der Waals surface area contributed by atoms with Crippen LogP contribution in [-0.4, -0.2) is 58.1 Å². The van der Waals surface area contributed by atoms with Crippen LogP contribution in [0.25, 0.3) is 0 Å². The van der Waals surface area contributed by atoms with Gasteiger partial charge in [0.1, 0.15) is 17.4 Å². The van der Waals surface area contributed by atoms with Gasteiger partial charge in [0.25, 0.3) is 5.88 Å². The van der Waals surface area contributed by atoms with Gasteiger partial charge >= 0.3 is 0 Å². The third kappa shape index (κ3) is 4.76. The second kappa shape index (κ2) is 9.26. The number of fused-ring (bicyclic) bond motifs is 1. The number of hydrogen-bond acceptors (Lipinski definition) is 7. The number of hydrogen-bond donors (Lipinski definition) is 0. The van der Waals surface area contributed by atoms with Gasteiger partial charge in [-0.05, 0) is 45.2 Å². The number of nitrogens with zero attached hydrogens (tertiary/aromatic N) is 5. The lowest BCUT2D eigenvalue weighted by Crippen LogP contribution is -2.40. The van der Waals surface area contributed by atoms with Gasteiger partial charge in [0.2, 0.25) is 11.8 Å². The summed E-state index contributed by atoms with van der Waals surface area (Å²) in [6.07, 6.45) is 3.87. The van der Waals surface area contributed by atoms with Crippen LogP contribution < -0.4 is 9.64 Å². The Kier molecular flexibility index (Phi) is 6.43. The first-order valence-corrected chi connectivity index (χ1v) is 11.4. The van der Waals surface area contributed by atoms with E-state index in [4.69, 9.17) is 19.2 Å². The number of aromatic nitrogens is 3. The number of rotatable bonds is 6. The van der Waals surface area contributed by atoms with Crippen LogP contribution in [-0.2, 0) is 22.4 Å². The van der Waals surface area contributed by atoms with Crippen molar-refractivity contribution in [1.82, 2.24) is 20.0 Å². The zero-order valence-corrected chi connectivity index (χ0v) is 19.3. The third-order valence-electron chi connectivity index (χ3n) is 6.11. The lowest BCUT2D eigenvalue weighted by Gasteiger charge is -2.33. The van der Waals surface area contributed by atoms with E-state index in [-0.39, 0.29) is 23.8 Å². The molecule has 0 saturated carbocycles. The Bertz CT molecular complexity index is 1000. The van der Waals surface area contributed by atoms with Crippen molar-refractivity contribution in [3.63, 3.8) is 0 Å². The van der Waals surface area contributed by atoms with Crippen molar-refractivity contribution in [3.05, 3.63) is 28.9 Å². The van der Waals surface area contributed by atoms with Crippen molar-refractivity contribution in [2.75, 3.05) is 25.0 Å². The molecule has 2 aromatic heterocycles. The van der Waals surface area contributed by atoms with E-state index in [0.29, 0.717) is 43.9 Å². The molecule has 1 atom stereocenters. The average molecular weight is 442 g/mol. The van der Waals surface area contributed by atoms with E-state index in [1.807, 2.05) is 25.7 Å². The molecule has 2 aliphatic heterocycles. The highest BCUT2D eigenvalue weighted by Crippen LogP contribution is 2.31. The Morgan fingerprint density at radius 3 is 2.91 bits per heavy atom. The lowest BCUT2D eigenvalue weighted by atomic mass is 9.95. The summed E-state index contributed by atoms with van der Waals surface area (Å²) in [4.78, 5) is 38.0. The number of anilines is 1. The molecule has 0 aliphatic carbocycles. The molecule has 0 bridgehead atoms. The van der Waals surface area contributed by atoms with Crippen LogP contribution in [0.15, 0.2) is 10.6 Å². The van der Waals surface area contributed by atoms with Crippen LogP contribution in [0.1, 0.15) is 68.3 Å². The molecule has 0 N–H and O–H groups in total. The maximum absolute atomic E-state index is 12.9. The number of ether oxygens (including phenoxy) is 1. The molecule has 1 unspecified atom stereocenters. The normalized spacial score (nSPS) is 18.8. The summed E-state index contributed by atoms with van der Waals surface area (Å²) < 4.78 is 10.8. The van der Waals surface area contributed by atoms with Gasteiger partial charge in [-0.25, -0.2) is 9.97 Å². The van der Waals surface area contributed by atoms with E-state index >= 15 is 0 Å². The van der Waals surface area contributed by atoms with Gasteiger partial charge in [0.15, 0.2) is 0 Å². The number of carbonyl (C=O) groups excluding carboxylic acids is 2. The molecule has 9 heteroatoms. The predicted molar refractivity (Wildman–Crippen MR) is 118 cm³/mol. The van der Waals surface area contributed by atoms with Gasteiger partial charge in [-0.3, -0.25) is 14.5 Å². The van der Waals surface area contributed by atoms with Gasteiger partial charge in [-0.1, -0.05) is 0 Å². The average Bonchev–Trinajstić information content (AvgIpc) is 3.21. The smallest absolute Gasteiger partial charge is 0.254 e. The van der Waals surface area contributed by atoms with Crippen LogP contribution in [0.3, 0.4) is 0 Å². The minimum Gasteiger partial charge on any atom is -0.473 e. The highest BCUT2D eigenvalue weighted by atomic mass is 16.5. The molecular formula is C23H31N5O4. The number of piperidine rings is 1. The fourth-order valence-corrected chi connectivity index (χ4v) is 4.38. The Labute approximate surface area is 188 Å². The Morgan fingerprint density at radius 2 is 2.12 bits per heavy atom. The van der Waals surface area contributed by atoms with Gasteiger partial charge in [-0.15, -0.1) is 0 Å². The second-order valence-corrected chi connectivity index (χ2v) is 8.90. The maximum Gasteiger partial charge on any atom is 0.254 e. The van der Waals surface area contributed by atoms with E-state index in [1.165, 1.54) is 0 Å². The molecule has 0 aromatic carbocycles. The van der Waals surface area contributed by atoms with E-state index in [2.05, 4.69) is 5.16 Å². The highest BCUT2D eigenvalue weighted by molar-refractivity contribution is 5.94. The molecular weight excluding hydrogens is 410 g/mol. The minimum absolute atomic E-state index is 0.0206. The van der Waals surface area contributed by atoms with E-state index in [9.17, 15) is 9.59 Å². The molecule has 4 heterocycles. The van der Waals surface area contributed by atoms with E-state index in [0.717, 1.165) is 42.3 Å². The van der Waals surface area contributed by atoms with Crippen LogP contribution >= 0.6 is 0 Å². The van der Waals surface area contributed by atoms with E-state index < -0.39 is 0 Å². The fourth-order valence-electron chi connectivity index (χ4n) is 4.38. The predicted octanol–water partition coefficient (Wildman–Crippen LogP) is 2.81. The molecule has 2 amide bonds. The van der Waals surface area contributed by atoms with Gasteiger partial charge in [-0.2, -0.15) is 0 Å². The van der Waals surface area contributed by atoms with Crippen LogP contribution in [0.4, 0.5) is 5.82 Å². The first kappa shape index (κ1) is 22.2. The van der Waals surface area contributed by atoms with Crippen molar-refractivity contribution >= 4 is 17.6 Å². The molecule has 2 aliphatic rings. The SMILES string of the molecule is Cc1nc(C2CCCN(C(=O)CCc3cc(OC(C)C)no3)C2)nc2c1CCC(=O)N2C. The van der Waals surface area contributed by atoms with Crippen molar-refractivity contribution in [2.24, 2.45) is 0 Å². The first-order chi connectivity index (χ1) is 15.3. The quantitative estimate of drug-likeness (QED) is 0.679. The molecule has 4 rings (SSSR count). The minimum atomic E-state index is 0.0206. The standard InChI is InChI=1S/C23H31N5O4/c1-14(2)31-19-12-17(32-26-19)7-9-21(30)28-11-5-6-16(13-28)22-24-15(3)18-8-10-20(29)27(4)23(18)25-22/h12,14,16H,5-11,13H2,1-4H3. The maximum atomic E-state index is 12.9. The van der Waals surface area contributed by atoms with Crippen molar-refractivity contribution in [1.29, 1.82) is 0 Å². The molecule has 0 spiro atoms. The van der Waals surface area contributed by atoms with Crippen LogP contribution in [0.2, 0.25) is 0 Å². The fraction of sp³-hybridized carbons (Fsp3) is 0.609. The van der Waals surface area contributed by atoms with E-state index in [1.54, 1.807) is 18.0 Å². The Morgan fingerprint density at radius 1 is 1.31 bits per heavy atom. The molecule has 1 saturated heterocycles. The zero-order valence-electron chi connectivity index (χ0n) is 19.3. The summed E-state index contributed by atoms with van der Waals surface area (Å²) in [5.74, 6) is 2.77. The lowest BCUT2D eigenvalue weighted by molar-refractivity contribution is -0.132. The summed E-state index contributed by atoms with van der Waals surface area (Å²) in [7, 11) is 1.77. The number of likely N-dealkylation sites (tertiary alicyclic amines) is 1. The molecule has 2 aromatic rings. The molecule has 172 valence electrons. The zero-order chi connectivity index (χ0) is 22.8. The largest absolute Gasteiger partial charge is 0.473 e. The van der Waals surface area contributed by atoms with Crippen LogP contribution in [0.5, 0.6) is 5.88 Å². The van der Waals surface area contributed by atoms with Gasteiger partial charge in [0.05, 0.1) is 6.10 Å². The summed E-state index contributed by atoms with van der Waals surface area (Å²) >= 11 is 0. The summed E-state index contributed by atoms with van der Waals surface area (Å²) in [5.41, 5.74) is 1.98. The third-order valence-corrected chi connectivity index (χ3v) is 6.11. The Balaban J connectivity index is 1.40. The summed E-state index contributed by atoms with van der Waals surface area (Å²) in [6.45, 7) is 7.15. The van der Waals surface area contributed by atoms with Gasteiger partial charge in [0, 0.05) is 62.6 Å². The monoisotopic (exact) mass is 441 g/mol. The number of amides is 2. The van der Waals surface area contributed by atoms with Crippen molar-refractivity contribution < 1.29 is 18.8 Å². The van der Waals surface area contributed by atoms with Gasteiger partial charge < -0.3 is 14.2 Å².